The maximum absolute atomic E-state index is 2.67. The zero-order valence-corrected chi connectivity index (χ0v) is 13.0. The Kier molecular flexibility index (Phi) is 4.19. The van der Waals surface area contributed by atoms with Crippen molar-refractivity contribution in [2.75, 3.05) is 0 Å². The number of hydrogen-bond donors (Lipinski definition) is 0. The minimum atomic E-state index is 0.910. The Balaban J connectivity index is 2.09. The first-order valence-electron chi connectivity index (χ1n) is 5.62. The van der Waals surface area contributed by atoms with Crippen molar-refractivity contribution in [3.05, 3.63) is 11.6 Å². The van der Waals surface area contributed by atoms with Crippen molar-refractivity contribution < 1.29 is 0 Å². The van der Waals surface area contributed by atoms with E-state index in [1.54, 1.807) is 5.57 Å². The van der Waals surface area contributed by atoms with Gasteiger partial charge in [0.15, 0.2) is 0 Å². The second-order valence-electron chi connectivity index (χ2n) is 4.82. The molecule has 0 aromatic carbocycles. The standard InChI is InChI=1S/C12H18I2/c1-8-2-3-10-7-12(14)11(13)5-4-9(10)6-8/h6,9-12H,2-5,7H2,1H3. The Morgan fingerprint density at radius 1 is 1.14 bits per heavy atom. The Hall–Kier alpha value is 1.20. The van der Waals surface area contributed by atoms with E-state index in [2.05, 4.69) is 58.2 Å². The first kappa shape index (κ1) is 11.7. The van der Waals surface area contributed by atoms with Crippen LogP contribution < -0.4 is 0 Å². The lowest BCUT2D eigenvalue weighted by Crippen LogP contribution is -2.19. The minimum absolute atomic E-state index is 0.910. The summed E-state index contributed by atoms with van der Waals surface area (Å²) in [5, 5.41) is 0. The fourth-order valence-electron chi connectivity index (χ4n) is 2.79. The van der Waals surface area contributed by atoms with Crippen molar-refractivity contribution in [3.8, 4) is 0 Å². The quantitative estimate of drug-likeness (QED) is 0.304. The molecule has 0 spiro atoms. The van der Waals surface area contributed by atoms with Gasteiger partial charge in [-0.3, -0.25) is 0 Å². The predicted octanol–water partition coefficient (Wildman–Crippen LogP) is 4.75. The van der Waals surface area contributed by atoms with Gasteiger partial charge < -0.3 is 0 Å². The molecular weight excluding hydrogens is 398 g/mol. The molecule has 0 heterocycles. The maximum atomic E-state index is 2.67. The first-order valence-corrected chi connectivity index (χ1v) is 8.11. The van der Waals surface area contributed by atoms with E-state index in [4.69, 9.17) is 0 Å². The lowest BCUT2D eigenvalue weighted by Gasteiger charge is -2.28. The van der Waals surface area contributed by atoms with Gasteiger partial charge in [-0.1, -0.05) is 56.8 Å². The zero-order chi connectivity index (χ0) is 10.1. The van der Waals surface area contributed by atoms with Crippen LogP contribution in [0.15, 0.2) is 11.6 Å². The van der Waals surface area contributed by atoms with E-state index in [9.17, 15) is 0 Å². The fraction of sp³-hybridized carbons (Fsp3) is 0.833. The molecule has 0 N–H and O–H groups in total. The third kappa shape index (κ3) is 2.66. The van der Waals surface area contributed by atoms with Gasteiger partial charge in [-0.2, -0.15) is 0 Å². The highest BCUT2D eigenvalue weighted by atomic mass is 127. The summed E-state index contributed by atoms with van der Waals surface area (Å²) >= 11 is 5.33. The summed E-state index contributed by atoms with van der Waals surface area (Å²) in [7, 11) is 0. The van der Waals surface area contributed by atoms with Gasteiger partial charge in [0.1, 0.15) is 0 Å². The van der Waals surface area contributed by atoms with Crippen molar-refractivity contribution in [2.24, 2.45) is 11.8 Å². The average Bonchev–Trinajstić information content (AvgIpc) is 2.29. The second-order valence-corrected chi connectivity index (χ2v) is 8.02. The zero-order valence-electron chi connectivity index (χ0n) is 8.68. The smallest absolute Gasteiger partial charge is 0.0230 e. The van der Waals surface area contributed by atoms with Crippen LogP contribution in [0, 0.1) is 11.8 Å². The summed E-state index contributed by atoms with van der Waals surface area (Å²) in [4.78, 5) is 0. The normalized spacial score (nSPS) is 43.8. The molecule has 1 fully saturated rings. The monoisotopic (exact) mass is 416 g/mol. The number of alkyl halides is 2. The maximum Gasteiger partial charge on any atom is 0.0230 e. The molecular formula is C12H18I2. The molecule has 2 aliphatic carbocycles. The minimum Gasteiger partial charge on any atom is -0.0822 e. The van der Waals surface area contributed by atoms with Crippen LogP contribution in [0.25, 0.3) is 0 Å². The molecule has 1 saturated carbocycles. The molecule has 2 heteroatoms. The van der Waals surface area contributed by atoms with Crippen molar-refractivity contribution in [1.29, 1.82) is 0 Å². The molecule has 0 aromatic heterocycles. The van der Waals surface area contributed by atoms with Gasteiger partial charge in [0.2, 0.25) is 0 Å². The van der Waals surface area contributed by atoms with Crippen LogP contribution in [-0.4, -0.2) is 7.85 Å². The molecule has 0 saturated heterocycles. The molecule has 0 radical (unpaired) electrons. The molecule has 0 amide bonds. The second kappa shape index (κ2) is 5.02. The number of halogens is 2. The first-order chi connectivity index (χ1) is 6.66. The van der Waals surface area contributed by atoms with E-state index < -0.39 is 0 Å². The van der Waals surface area contributed by atoms with E-state index in [0.29, 0.717) is 0 Å². The Morgan fingerprint density at radius 2 is 1.93 bits per heavy atom. The van der Waals surface area contributed by atoms with Gasteiger partial charge in [-0.15, -0.1) is 0 Å². The van der Waals surface area contributed by atoms with Gasteiger partial charge >= 0.3 is 0 Å². The number of hydrogen-bond acceptors (Lipinski definition) is 0. The van der Waals surface area contributed by atoms with Gasteiger partial charge in [0.05, 0.1) is 0 Å². The van der Waals surface area contributed by atoms with Gasteiger partial charge in [0.25, 0.3) is 0 Å². The summed E-state index contributed by atoms with van der Waals surface area (Å²) in [6.07, 6.45) is 9.72. The molecule has 14 heavy (non-hydrogen) atoms. The molecule has 0 aromatic rings. The molecule has 2 aliphatic rings. The lowest BCUT2D eigenvalue weighted by molar-refractivity contribution is 0.334. The highest BCUT2D eigenvalue weighted by Crippen LogP contribution is 2.41. The fourth-order valence-corrected chi connectivity index (χ4v) is 4.46. The third-order valence-electron chi connectivity index (χ3n) is 3.71. The molecule has 4 unspecified atom stereocenters. The Morgan fingerprint density at radius 3 is 2.71 bits per heavy atom. The van der Waals surface area contributed by atoms with Crippen LogP contribution in [0.3, 0.4) is 0 Å². The molecule has 0 aliphatic heterocycles. The lowest BCUT2D eigenvalue weighted by atomic mass is 9.78. The van der Waals surface area contributed by atoms with Gasteiger partial charge in [-0.05, 0) is 50.9 Å². The SMILES string of the molecule is CC1=CC2CCC(I)C(I)CC2CC1. The van der Waals surface area contributed by atoms with Crippen molar-refractivity contribution in [1.82, 2.24) is 0 Å². The van der Waals surface area contributed by atoms with E-state index in [-0.39, 0.29) is 0 Å². The topological polar surface area (TPSA) is 0 Å². The van der Waals surface area contributed by atoms with Crippen molar-refractivity contribution >= 4 is 45.2 Å². The third-order valence-corrected chi connectivity index (χ3v) is 7.95. The average molecular weight is 416 g/mol. The van der Waals surface area contributed by atoms with Crippen molar-refractivity contribution in [2.45, 2.75) is 46.9 Å². The van der Waals surface area contributed by atoms with Gasteiger partial charge in [0, 0.05) is 7.85 Å². The van der Waals surface area contributed by atoms with E-state index in [1.165, 1.54) is 32.1 Å². The van der Waals surface area contributed by atoms with E-state index in [1.807, 2.05) is 0 Å². The van der Waals surface area contributed by atoms with Crippen LogP contribution in [-0.2, 0) is 0 Å². The van der Waals surface area contributed by atoms with E-state index in [0.717, 1.165) is 19.7 Å². The summed E-state index contributed by atoms with van der Waals surface area (Å²) in [5.74, 6) is 1.92. The highest BCUT2D eigenvalue weighted by molar-refractivity contribution is 14.1. The largest absolute Gasteiger partial charge is 0.0822 e. The summed E-state index contributed by atoms with van der Waals surface area (Å²) in [6, 6.07) is 0. The molecule has 80 valence electrons. The molecule has 0 bridgehead atoms. The van der Waals surface area contributed by atoms with Crippen LogP contribution in [0.5, 0.6) is 0 Å². The van der Waals surface area contributed by atoms with Crippen LogP contribution in [0.4, 0.5) is 0 Å². The Labute approximate surface area is 115 Å². The number of rotatable bonds is 0. The van der Waals surface area contributed by atoms with Crippen LogP contribution >= 0.6 is 45.2 Å². The van der Waals surface area contributed by atoms with Gasteiger partial charge in [-0.25, -0.2) is 0 Å². The van der Waals surface area contributed by atoms with Crippen LogP contribution in [0.1, 0.15) is 39.0 Å². The molecule has 0 nitrogen and oxygen atoms in total. The summed E-state index contributed by atoms with van der Waals surface area (Å²) in [5.41, 5.74) is 1.64. The van der Waals surface area contributed by atoms with E-state index >= 15 is 0 Å². The summed E-state index contributed by atoms with van der Waals surface area (Å²) in [6.45, 7) is 2.31. The molecule has 2 rings (SSSR count). The molecule has 4 atom stereocenters. The predicted molar refractivity (Wildman–Crippen MR) is 79.4 cm³/mol. The van der Waals surface area contributed by atoms with Crippen LogP contribution in [0.2, 0.25) is 0 Å². The summed E-state index contributed by atoms with van der Waals surface area (Å²) < 4.78 is 1.82. The Bertz CT molecular complexity index is 234. The highest BCUT2D eigenvalue weighted by Gasteiger charge is 2.31. The number of allylic oxidation sites excluding steroid dienone is 2. The number of fused-ring (bicyclic) bond motifs is 1. The van der Waals surface area contributed by atoms with Crippen molar-refractivity contribution in [3.63, 3.8) is 0 Å².